The summed E-state index contributed by atoms with van der Waals surface area (Å²) in [5, 5.41) is 13.4. The van der Waals surface area contributed by atoms with Gasteiger partial charge in [-0.25, -0.2) is 0 Å². The molecule has 1 fully saturated rings. The molecule has 1 amide bonds. The quantitative estimate of drug-likeness (QED) is 0.871. The molecule has 3 rings (SSSR count). The Morgan fingerprint density at radius 3 is 2.90 bits per heavy atom. The molecule has 21 heavy (non-hydrogen) atoms. The van der Waals surface area contributed by atoms with Crippen molar-refractivity contribution in [2.75, 3.05) is 0 Å². The van der Waals surface area contributed by atoms with Gasteiger partial charge in [-0.1, -0.05) is 31.5 Å². The van der Waals surface area contributed by atoms with E-state index in [1.54, 1.807) is 0 Å². The minimum atomic E-state index is -0.387. The molecule has 1 aromatic rings. The number of aliphatic hydroxyl groups excluding tert-OH is 1. The number of amides is 1. The van der Waals surface area contributed by atoms with Crippen molar-refractivity contribution in [3.05, 3.63) is 34.9 Å². The fourth-order valence-corrected chi connectivity index (χ4v) is 3.25. The fourth-order valence-electron chi connectivity index (χ4n) is 3.25. The van der Waals surface area contributed by atoms with Gasteiger partial charge < -0.3 is 10.4 Å². The molecule has 0 aliphatic heterocycles. The van der Waals surface area contributed by atoms with E-state index in [0.29, 0.717) is 0 Å². The molecule has 2 aliphatic rings. The average Bonchev–Trinajstić information content (AvgIpc) is 3.32. The highest BCUT2D eigenvalue weighted by molar-refractivity contribution is 5.81. The maximum Gasteiger partial charge on any atom is 0.223 e. The number of hydrogen-bond donors (Lipinski definition) is 2. The number of carbonyl (C=O) groups excluding carboxylic acids is 1. The van der Waals surface area contributed by atoms with E-state index in [4.69, 9.17) is 0 Å². The molecule has 2 N–H and O–H groups in total. The number of hydrogen-bond acceptors (Lipinski definition) is 2. The molecule has 0 aromatic heterocycles. The number of rotatable bonds is 5. The smallest absolute Gasteiger partial charge is 0.223 e. The lowest BCUT2D eigenvalue weighted by atomic mass is 9.85. The standard InChI is InChI=1S/C18H25NO2/c1-2-4-17(20)14-10-7-12-5-3-6-16(15(12)11-14)19-18(21)13-8-9-13/h7,10-11,13,16-17,20H,2-6,8-9H2,1H3,(H,19,21). The second-order valence-electron chi connectivity index (χ2n) is 6.49. The highest BCUT2D eigenvalue weighted by Gasteiger charge is 2.32. The van der Waals surface area contributed by atoms with Gasteiger partial charge in [0.25, 0.3) is 0 Å². The Balaban J connectivity index is 1.80. The first kappa shape index (κ1) is 14.6. The molecule has 2 unspecified atom stereocenters. The van der Waals surface area contributed by atoms with Crippen molar-refractivity contribution in [1.29, 1.82) is 0 Å². The Bertz CT molecular complexity index is 522. The Hall–Kier alpha value is -1.35. The summed E-state index contributed by atoms with van der Waals surface area (Å²) in [4.78, 5) is 12.0. The summed E-state index contributed by atoms with van der Waals surface area (Å²) >= 11 is 0. The topological polar surface area (TPSA) is 49.3 Å². The van der Waals surface area contributed by atoms with Gasteiger partial charge in [-0.05, 0) is 55.2 Å². The summed E-state index contributed by atoms with van der Waals surface area (Å²) in [7, 11) is 0. The molecule has 0 spiro atoms. The van der Waals surface area contributed by atoms with E-state index in [0.717, 1.165) is 50.5 Å². The Kier molecular flexibility index (Phi) is 4.29. The van der Waals surface area contributed by atoms with Gasteiger partial charge in [-0.15, -0.1) is 0 Å². The molecule has 2 aliphatic carbocycles. The van der Waals surface area contributed by atoms with Gasteiger partial charge in [-0.2, -0.15) is 0 Å². The van der Waals surface area contributed by atoms with Crippen LogP contribution in [0.2, 0.25) is 0 Å². The van der Waals surface area contributed by atoms with Crippen LogP contribution in [-0.4, -0.2) is 11.0 Å². The van der Waals surface area contributed by atoms with Crippen LogP contribution < -0.4 is 5.32 Å². The number of benzene rings is 1. The second-order valence-corrected chi connectivity index (χ2v) is 6.49. The number of carbonyl (C=O) groups is 1. The van der Waals surface area contributed by atoms with E-state index in [1.165, 1.54) is 11.1 Å². The fraction of sp³-hybridized carbons (Fsp3) is 0.611. The van der Waals surface area contributed by atoms with Crippen molar-refractivity contribution < 1.29 is 9.90 Å². The molecule has 3 nitrogen and oxygen atoms in total. The van der Waals surface area contributed by atoms with Crippen molar-refractivity contribution in [2.24, 2.45) is 5.92 Å². The van der Waals surface area contributed by atoms with E-state index in [-0.39, 0.29) is 24.0 Å². The van der Waals surface area contributed by atoms with Gasteiger partial charge in [0.1, 0.15) is 0 Å². The molecule has 1 aromatic carbocycles. The number of fused-ring (bicyclic) bond motifs is 1. The highest BCUT2D eigenvalue weighted by atomic mass is 16.3. The summed E-state index contributed by atoms with van der Waals surface area (Å²) in [6.45, 7) is 2.08. The predicted octanol–water partition coefficient (Wildman–Crippen LogP) is 3.42. The average molecular weight is 287 g/mol. The molecule has 0 heterocycles. The third kappa shape index (κ3) is 3.29. The maximum absolute atomic E-state index is 12.0. The zero-order valence-electron chi connectivity index (χ0n) is 12.8. The lowest BCUT2D eigenvalue weighted by Crippen LogP contribution is -2.32. The van der Waals surface area contributed by atoms with E-state index < -0.39 is 0 Å². The van der Waals surface area contributed by atoms with Crippen molar-refractivity contribution in [1.82, 2.24) is 5.32 Å². The lowest BCUT2D eigenvalue weighted by molar-refractivity contribution is -0.123. The van der Waals surface area contributed by atoms with Crippen molar-refractivity contribution >= 4 is 5.91 Å². The molecular formula is C18H25NO2. The third-order valence-electron chi connectivity index (χ3n) is 4.70. The number of nitrogens with one attached hydrogen (secondary N) is 1. The van der Waals surface area contributed by atoms with Gasteiger partial charge >= 0.3 is 0 Å². The lowest BCUT2D eigenvalue weighted by Gasteiger charge is -2.27. The molecule has 1 saturated carbocycles. The normalized spacial score (nSPS) is 22.5. The minimum Gasteiger partial charge on any atom is -0.388 e. The largest absolute Gasteiger partial charge is 0.388 e. The van der Waals surface area contributed by atoms with Crippen molar-refractivity contribution in [2.45, 2.75) is 64.0 Å². The van der Waals surface area contributed by atoms with Gasteiger partial charge in [0.05, 0.1) is 12.1 Å². The molecule has 114 valence electrons. The maximum atomic E-state index is 12.0. The number of aliphatic hydroxyl groups is 1. The van der Waals surface area contributed by atoms with Gasteiger partial charge in [0, 0.05) is 5.92 Å². The van der Waals surface area contributed by atoms with Crippen LogP contribution >= 0.6 is 0 Å². The summed E-state index contributed by atoms with van der Waals surface area (Å²) in [5.74, 6) is 0.469. The van der Waals surface area contributed by atoms with Crippen LogP contribution in [0.4, 0.5) is 0 Å². The Morgan fingerprint density at radius 2 is 2.19 bits per heavy atom. The minimum absolute atomic E-state index is 0.135. The van der Waals surface area contributed by atoms with Crippen LogP contribution in [0.1, 0.15) is 74.3 Å². The summed E-state index contributed by atoms with van der Waals surface area (Å²) in [5.41, 5.74) is 3.54. The monoisotopic (exact) mass is 287 g/mol. The van der Waals surface area contributed by atoms with Crippen LogP contribution in [0, 0.1) is 5.92 Å². The van der Waals surface area contributed by atoms with Crippen LogP contribution in [0.3, 0.4) is 0 Å². The molecule has 3 heteroatoms. The van der Waals surface area contributed by atoms with Crippen LogP contribution in [-0.2, 0) is 11.2 Å². The molecule has 0 saturated heterocycles. The molecule has 2 atom stereocenters. The first-order valence-electron chi connectivity index (χ1n) is 8.30. The van der Waals surface area contributed by atoms with E-state index in [2.05, 4.69) is 24.4 Å². The van der Waals surface area contributed by atoms with Gasteiger partial charge in [0.2, 0.25) is 5.91 Å². The van der Waals surface area contributed by atoms with Crippen molar-refractivity contribution in [3.8, 4) is 0 Å². The first-order valence-corrected chi connectivity index (χ1v) is 8.30. The second kappa shape index (κ2) is 6.18. The SMILES string of the molecule is CCCC(O)c1ccc2c(c1)C(NC(=O)C1CC1)CCC2. The van der Waals surface area contributed by atoms with Crippen LogP contribution in [0.25, 0.3) is 0 Å². The predicted molar refractivity (Wildman–Crippen MR) is 82.9 cm³/mol. The molecule has 0 radical (unpaired) electrons. The molecule has 0 bridgehead atoms. The van der Waals surface area contributed by atoms with Gasteiger partial charge in [-0.3, -0.25) is 4.79 Å². The van der Waals surface area contributed by atoms with Gasteiger partial charge in [0.15, 0.2) is 0 Å². The summed E-state index contributed by atoms with van der Waals surface area (Å²) in [6.07, 6.45) is 6.68. The van der Waals surface area contributed by atoms with E-state index >= 15 is 0 Å². The van der Waals surface area contributed by atoms with Crippen LogP contribution in [0.15, 0.2) is 18.2 Å². The van der Waals surface area contributed by atoms with Crippen LogP contribution in [0.5, 0.6) is 0 Å². The highest BCUT2D eigenvalue weighted by Crippen LogP contribution is 2.35. The zero-order valence-corrected chi connectivity index (χ0v) is 12.8. The molecular weight excluding hydrogens is 262 g/mol. The van der Waals surface area contributed by atoms with E-state index in [1.807, 2.05) is 6.07 Å². The summed E-state index contributed by atoms with van der Waals surface area (Å²) in [6, 6.07) is 6.44. The number of aryl methyl sites for hydroxylation is 1. The summed E-state index contributed by atoms with van der Waals surface area (Å²) < 4.78 is 0. The third-order valence-corrected chi connectivity index (χ3v) is 4.70. The Labute approximate surface area is 126 Å². The Morgan fingerprint density at radius 1 is 1.38 bits per heavy atom. The van der Waals surface area contributed by atoms with Crippen molar-refractivity contribution in [3.63, 3.8) is 0 Å². The van der Waals surface area contributed by atoms with E-state index in [9.17, 15) is 9.90 Å². The zero-order chi connectivity index (χ0) is 14.8. The first-order chi connectivity index (χ1) is 10.2.